The number of carbonyl (C=O) groups is 3. The van der Waals surface area contributed by atoms with E-state index in [2.05, 4.69) is 10.6 Å². The van der Waals surface area contributed by atoms with Gasteiger partial charge in [0.05, 0.1) is 5.92 Å². The lowest BCUT2D eigenvalue weighted by Gasteiger charge is -2.30. The SMILES string of the molecule is O=C(CCCNC(=O)N1CCCC(C(=O)O)C1)Nc1ccc(Cl)cc1. The number of rotatable bonds is 6. The molecule has 0 saturated carbocycles. The van der Waals surface area contributed by atoms with Crippen molar-refractivity contribution in [3.8, 4) is 0 Å². The minimum absolute atomic E-state index is 0.138. The van der Waals surface area contributed by atoms with Gasteiger partial charge in [0, 0.05) is 36.8 Å². The van der Waals surface area contributed by atoms with Gasteiger partial charge in [-0.1, -0.05) is 11.6 Å². The fourth-order valence-electron chi connectivity index (χ4n) is 2.68. The van der Waals surface area contributed by atoms with Crippen LogP contribution in [-0.2, 0) is 9.59 Å². The fourth-order valence-corrected chi connectivity index (χ4v) is 2.80. The van der Waals surface area contributed by atoms with E-state index >= 15 is 0 Å². The third-order valence-electron chi connectivity index (χ3n) is 4.04. The molecule has 1 saturated heterocycles. The van der Waals surface area contributed by atoms with Crippen molar-refractivity contribution in [3.05, 3.63) is 29.3 Å². The summed E-state index contributed by atoms with van der Waals surface area (Å²) < 4.78 is 0. The van der Waals surface area contributed by atoms with Crippen LogP contribution in [0, 0.1) is 5.92 Å². The number of carboxylic acid groups (broad SMARTS) is 1. The number of carboxylic acids is 1. The van der Waals surface area contributed by atoms with Crippen molar-refractivity contribution in [1.29, 1.82) is 0 Å². The van der Waals surface area contributed by atoms with Gasteiger partial charge in [0.1, 0.15) is 0 Å². The van der Waals surface area contributed by atoms with Crippen molar-refractivity contribution in [1.82, 2.24) is 10.2 Å². The average molecular weight is 368 g/mol. The van der Waals surface area contributed by atoms with Crippen molar-refractivity contribution in [2.75, 3.05) is 25.0 Å². The van der Waals surface area contributed by atoms with E-state index in [-0.39, 0.29) is 24.9 Å². The molecule has 7 nitrogen and oxygen atoms in total. The quantitative estimate of drug-likeness (QED) is 0.673. The third-order valence-corrected chi connectivity index (χ3v) is 4.29. The second-order valence-electron chi connectivity index (χ2n) is 6.01. The molecule has 8 heteroatoms. The molecule has 1 aromatic rings. The molecule has 1 aromatic carbocycles. The number of anilines is 1. The topological polar surface area (TPSA) is 98.7 Å². The molecule has 0 aromatic heterocycles. The largest absolute Gasteiger partial charge is 0.481 e. The van der Waals surface area contributed by atoms with Gasteiger partial charge in [-0.05, 0) is 43.5 Å². The number of amides is 3. The molecule has 0 aliphatic carbocycles. The lowest BCUT2D eigenvalue weighted by atomic mass is 9.99. The minimum Gasteiger partial charge on any atom is -0.481 e. The molecule has 0 radical (unpaired) electrons. The average Bonchev–Trinajstić information content (AvgIpc) is 2.60. The fraction of sp³-hybridized carbons (Fsp3) is 0.471. The van der Waals surface area contributed by atoms with E-state index in [1.165, 1.54) is 4.90 Å². The maximum absolute atomic E-state index is 12.0. The summed E-state index contributed by atoms with van der Waals surface area (Å²) in [4.78, 5) is 36.4. The number of piperidine rings is 1. The number of hydrogen-bond donors (Lipinski definition) is 3. The molecule has 1 aliphatic rings. The molecular weight excluding hydrogens is 346 g/mol. The smallest absolute Gasteiger partial charge is 0.317 e. The lowest BCUT2D eigenvalue weighted by Crippen LogP contribution is -2.47. The summed E-state index contributed by atoms with van der Waals surface area (Å²) >= 11 is 5.78. The number of nitrogens with one attached hydrogen (secondary N) is 2. The van der Waals surface area contributed by atoms with Gasteiger partial charge in [0.25, 0.3) is 0 Å². The second kappa shape index (κ2) is 9.27. The Morgan fingerprint density at radius 3 is 2.64 bits per heavy atom. The van der Waals surface area contributed by atoms with E-state index < -0.39 is 11.9 Å². The Morgan fingerprint density at radius 1 is 1.24 bits per heavy atom. The van der Waals surface area contributed by atoms with Gasteiger partial charge in [-0.25, -0.2) is 4.79 Å². The number of likely N-dealkylation sites (tertiary alicyclic amines) is 1. The summed E-state index contributed by atoms with van der Waals surface area (Å²) in [5.74, 6) is -1.50. The Morgan fingerprint density at radius 2 is 1.96 bits per heavy atom. The zero-order valence-corrected chi connectivity index (χ0v) is 14.6. The van der Waals surface area contributed by atoms with Crippen LogP contribution in [-0.4, -0.2) is 47.5 Å². The highest BCUT2D eigenvalue weighted by molar-refractivity contribution is 6.30. The van der Waals surface area contributed by atoms with E-state index in [9.17, 15) is 14.4 Å². The number of urea groups is 1. The number of nitrogens with zero attached hydrogens (tertiary/aromatic N) is 1. The Balaban J connectivity index is 1.64. The first-order chi connectivity index (χ1) is 12.0. The molecule has 3 N–H and O–H groups in total. The Bertz CT molecular complexity index is 621. The summed E-state index contributed by atoms with van der Waals surface area (Å²) in [7, 11) is 0. The summed E-state index contributed by atoms with van der Waals surface area (Å²) in [6.45, 7) is 1.16. The highest BCUT2D eigenvalue weighted by Crippen LogP contribution is 2.16. The highest BCUT2D eigenvalue weighted by Gasteiger charge is 2.27. The van der Waals surface area contributed by atoms with E-state index in [4.69, 9.17) is 16.7 Å². The van der Waals surface area contributed by atoms with Crippen LogP contribution in [0.3, 0.4) is 0 Å². The number of halogens is 1. The molecule has 1 atom stereocenters. The molecule has 0 spiro atoms. The van der Waals surface area contributed by atoms with Crippen LogP contribution in [0.15, 0.2) is 24.3 Å². The molecule has 1 fully saturated rings. The normalized spacial score (nSPS) is 17.0. The van der Waals surface area contributed by atoms with Crippen LogP contribution >= 0.6 is 11.6 Å². The molecule has 1 unspecified atom stereocenters. The van der Waals surface area contributed by atoms with Crippen LogP contribution in [0.5, 0.6) is 0 Å². The maximum atomic E-state index is 12.0. The van der Waals surface area contributed by atoms with E-state index in [1.807, 2.05) is 0 Å². The minimum atomic E-state index is -0.864. The van der Waals surface area contributed by atoms with Gasteiger partial charge in [0.15, 0.2) is 0 Å². The van der Waals surface area contributed by atoms with Crippen molar-refractivity contribution in [2.45, 2.75) is 25.7 Å². The zero-order chi connectivity index (χ0) is 18.2. The van der Waals surface area contributed by atoms with E-state index in [1.54, 1.807) is 24.3 Å². The standard InChI is InChI=1S/C17H22ClN3O4/c18-13-5-7-14(8-6-13)20-15(22)4-1-9-19-17(25)21-10-2-3-12(11-21)16(23)24/h5-8,12H,1-4,9-11H2,(H,19,25)(H,20,22)(H,23,24). The number of aliphatic carboxylic acids is 1. The summed E-state index contributed by atoms with van der Waals surface area (Å²) in [5.41, 5.74) is 0.673. The first-order valence-electron chi connectivity index (χ1n) is 8.26. The summed E-state index contributed by atoms with van der Waals surface area (Å²) in [6, 6.07) is 6.55. The summed E-state index contributed by atoms with van der Waals surface area (Å²) in [6.07, 6.45) is 2.07. The Labute approximate surface area is 151 Å². The Hall–Kier alpha value is -2.28. The third kappa shape index (κ3) is 6.26. The molecule has 2 rings (SSSR count). The van der Waals surface area contributed by atoms with Crippen LogP contribution in [0.2, 0.25) is 5.02 Å². The molecule has 1 aliphatic heterocycles. The first kappa shape index (κ1) is 19.1. The van der Waals surface area contributed by atoms with Crippen molar-refractivity contribution >= 4 is 35.2 Å². The van der Waals surface area contributed by atoms with Crippen molar-refractivity contribution in [3.63, 3.8) is 0 Å². The van der Waals surface area contributed by atoms with Crippen molar-refractivity contribution < 1.29 is 19.5 Å². The zero-order valence-electron chi connectivity index (χ0n) is 13.8. The molecule has 25 heavy (non-hydrogen) atoms. The van der Waals surface area contributed by atoms with Gasteiger partial charge >= 0.3 is 12.0 Å². The van der Waals surface area contributed by atoms with Gasteiger partial charge in [-0.15, -0.1) is 0 Å². The highest BCUT2D eigenvalue weighted by atomic mass is 35.5. The van der Waals surface area contributed by atoms with E-state index in [0.29, 0.717) is 43.1 Å². The monoisotopic (exact) mass is 367 g/mol. The second-order valence-corrected chi connectivity index (χ2v) is 6.45. The van der Waals surface area contributed by atoms with Crippen molar-refractivity contribution in [2.24, 2.45) is 5.92 Å². The molecule has 3 amide bonds. The predicted octanol–water partition coefficient (Wildman–Crippen LogP) is 2.56. The summed E-state index contributed by atoms with van der Waals surface area (Å²) in [5, 5.41) is 15.1. The number of benzene rings is 1. The van der Waals surface area contributed by atoms with Crippen LogP contribution in [0.1, 0.15) is 25.7 Å². The van der Waals surface area contributed by atoms with Gasteiger partial charge in [-0.2, -0.15) is 0 Å². The van der Waals surface area contributed by atoms with Gasteiger partial charge < -0.3 is 20.6 Å². The molecular formula is C17H22ClN3O4. The van der Waals surface area contributed by atoms with Gasteiger partial charge in [-0.3, -0.25) is 9.59 Å². The molecule has 0 bridgehead atoms. The van der Waals surface area contributed by atoms with E-state index in [0.717, 1.165) is 0 Å². The van der Waals surface area contributed by atoms with Gasteiger partial charge in [0.2, 0.25) is 5.91 Å². The number of carbonyl (C=O) groups excluding carboxylic acids is 2. The number of hydrogen-bond acceptors (Lipinski definition) is 3. The molecule has 136 valence electrons. The Kier molecular flexibility index (Phi) is 7.06. The maximum Gasteiger partial charge on any atom is 0.317 e. The van der Waals surface area contributed by atoms with Crippen LogP contribution in [0.25, 0.3) is 0 Å². The predicted molar refractivity (Wildman–Crippen MR) is 94.6 cm³/mol. The lowest BCUT2D eigenvalue weighted by molar-refractivity contribution is -0.143. The van der Waals surface area contributed by atoms with Crippen LogP contribution in [0.4, 0.5) is 10.5 Å². The van der Waals surface area contributed by atoms with Crippen LogP contribution < -0.4 is 10.6 Å². The molecule has 1 heterocycles. The first-order valence-corrected chi connectivity index (χ1v) is 8.64.